The number of fused-ring (bicyclic) bond motifs is 1. The number of rotatable bonds is 3. The van der Waals surface area contributed by atoms with Gasteiger partial charge in [0, 0.05) is 13.0 Å². The first-order valence-corrected chi connectivity index (χ1v) is 11.5. The van der Waals surface area contributed by atoms with E-state index >= 15 is 0 Å². The van der Waals surface area contributed by atoms with E-state index in [1.165, 1.54) is 12.1 Å². The SMILES string of the molecule is CC(C)(C)OC(=O)N[C@@H]1CO[C@@H](C(=O)N2CCc3ccccc3[C@@H]2c2ccc(F)cc2)C[C@H]1F. The lowest BCUT2D eigenvalue weighted by Crippen LogP contribution is -2.55. The summed E-state index contributed by atoms with van der Waals surface area (Å²) in [6.45, 7) is 5.47. The van der Waals surface area contributed by atoms with Gasteiger partial charge in [0.05, 0.1) is 18.7 Å². The van der Waals surface area contributed by atoms with Crippen LogP contribution in [0.25, 0.3) is 0 Å². The predicted octanol–water partition coefficient (Wildman–Crippen LogP) is 4.32. The van der Waals surface area contributed by atoms with Crippen LogP contribution in [0.2, 0.25) is 0 Å². The smallest absolute Gasteiger partial charge is 0.408 e. The maximum atomic E-state index is 15.0. The minimum Gasteiger partial charge on any atom is -0.444 e. The Bertz CT molecular complexity index is 1040. The average molecular weight is 473 g/mol. The zero-order chi connectivity index (χ0) is 24.5. The summed E-state index contributed by atoms with van der Waals surface area (Å²) < 4.78 is 39.5. The Morgan fingerprint density at radius 3 is 2.50 bits per heavy atom. The molecule has 34 heavy (non-hydrogen) atoms. The lowest BCUT2D eigenvalue weighted by atomic mass is 9.87. The van der Waals surface area contributed by atoms with Gasteiger partial charge in [-0.05, 0) is 56.0 Å². The molecule has 8 heteroatoms. The van der Waals surface area contributed by atoms with Gasteiger partial charge in [-0.15, -0.1) is 0 Å². The van der Waals surface area contributed by atoms with Crippen LogP contribution in [0.1, 0.15) is 49.9 Å². The second-order valence-electron chi connectivity index (χ2n) is 9.76. The molecule has 0 aromatic heterocycles. The molecule has 2 aromatic carbocycles. The topological polar surface area (TPSA) is 67.9 Å². The standard InChI is InChI=1S/C26H30F2N2O4/c1-26(2,3)34-25(32)29-21-15-33-22(14-20(21)28)24(31)30-13-12-16-6-4-5-7-19(16)23(30)17-8-10-18(27)11-9-17/h4-11,20-23H,12-15H2,1-3H3,(H,29,32)/t20-,21-,22-,23+/m1/s1. The summed E-state index contributed by atoms with van der Waals surface area (Å²) >= 11 is 0. The van der Waals surface area contributed by atoms with E-state index in [1.54, 1.807) is 37.8 Å². The first-order chi connectivity index (χ1) is 16.1. The van der Waals surface area contributed by atoms with Crippen molar-refractivity contribution < 1.29 is 27.8 Å². The van der Waals surface area contributed by atoms with Crippen molar-refractivity contribution in [1.82, 2.24) is 10.2 Å². The molecular weight excluding hydrogens is 442 g/mol. The first-order valence-electron chi connectivity index (χ1n) is 11.5. The minimum absolute atomic E-state index is 0.136. The summed E-state index contributed by atoms with van der Waals surface area (Å²) in [5.41, 5.74) is 2.16. The highest BCUT2D eigenvalue weighted by atomic mass is 19.1. The number of carbonyl (C=O) groups excluding carboxylic acids is 2. The molecule has 6 nitrogen and oxygen atoms in total. The average Bonchev–Trinajstić information content (AvgIpc) is 2.78. The Kier molecular flexibility index (Phi) is 6.89. The number of alkyl carbamates (subject to hydrolysis) is 1. The molecule has 2 heterocycles. The lowest BCUT2D eigenvalue weighted by molar-refractivity contribution is -0.152. The van der Waals surface area contributed by atoms with Gasteiger partial charge >= 0.3 is 6.09 Å². The van der Waals surface area contributed by atoms with Gasteiger partial charge in [-0.1, -0.05) is 36.4 Å². The van der Waals surface area contributed by atoms with E-state index in [-0.39, 0.29) is 24.8 Å². The summed E-state index contributed by atoms with van der Waals surface area (Å²) in [6, 6.07) is 12.6. The molecule has 182 valence electrons. The normalized spacial score (nSPS) is 24.8. The quantitative estimate of drug-likeness (QED) is 0.723. The first kappa shape index (κ1) is 24.1. The van der Waals surface area contributed by atoms with Gasteiger partial charge < -0.3 is 19.7 Å². The summed E-state index contributed by atoms with van der Waals surface area (Å²) in [5.74, 6) is -0.674. The van der Waals surface area contributed by atoms with E-state index in [4.69, 9.17) is 9.47 Å². The maximum absolute atomic E-state index is 15.0. The van der Waals surface area contributed by atoms with Gasteiger partial charge in [0.15, 0.2) is 0 Å². The zero-order valence-electron chi connectivity index (χ0n) is 19.6. The summed E-state index contributed by atoms with van der Waals surface area (Å²) in [7, 11) is 0. The molecule has 2 aliphatic heterocycles. The number of carbonyl (C=O) groups is 2. The number of amides is 2. The van der Waals surface area contributed by atoms with Crippen molar-refractivity contribution in [2.45, 2.75) is 63.6 Å². The number of hydrogen-bond donors (Lipinski definition) is 1. The van der Waals surface area contributed by atoms with E-state index in [1.807, 2.05) is 24.3 Å². The van der Waals surface area contributed by atoms with Crippen LogP contribution in [0, 0.1) is 5.82 Å². The van der Waals surface area contributed by atoms with Gasteiger partial charge in [-0.2, -0.15) is 0 Å². The second kappa shape index (κ2) is 9.70. The van der Waals surface area contributed by atoms with Gasteiger partial charge in [0.1, 0.15) is 23.7 Å². The van der Waals surface area contributed by atoms with Crippen molar-refractivity contribution in [3.05, 3.63) is 71.0 Å². The molecular formula is C26H30F2N2O4. The summed E-state index contributed by atoms with van der Waals surface area (Å²) in [6.07, 6.45) is -2.67. The van der Waals surface area contributed by atoms with Crippen LogP contribution in [0.4, 0.5) is 13.6 Å². The van der Waals surface area contributed by atoms with E-state index in [2.05, 4.69) is 5.32 Å². The number of benzene rings is 2. The lowest BCUT2D eigenvalue weighted by Gasteiger charge is -2.41. The second-order valence-corrected chi connectivity index (χ2v) is 9.76. The highest BCUT2D eigenvalue weighted by Crippen LogP contribution is 2.36. The molecule has 1 saturated heterocycles. The number of halogens is 2. The van der Waals surface area contributed by atoms with Crippen LogP contribution in [0.5, 0.6) is 0 Å². The van der Waals surface area contributed by atoms with E-state index < -0.39 is 36.1 Å². The fraction of sp³-hybridized carbons (Fsp3) is 0.462. The molecule has 0 aliphatic carbocycles. The van der Waals surface area contributed by atoms with Crippen molar-refractivity contribution in [2.24, 2.45) is 0 Å². The molecule has 2 amide bonds. The van der Waals surface area contributed by atoms with Gasteiger partial charge in [-0.25, -0.2) is 13.6 Å². The Morgan fingerprint density at radius 1 is 1.12 bits per heavy atom. The number of nitrogens with one attached hydrogen (secondary N) is 1. The molecule has 1 N–H and O–H groups in total. The summed E-state index contributed by atoms with van der Waals surface area (Å²) in [4.78, 5) is 27.2. The van der Waals surface area contributed by atoms with Crippen molar-refractivity contribution in [1.29, 1.82) is 0 Å². The van der Waals surface area contributed by atoms with Gasteiger partial charge in [0.25, 0.3) is 5.91 Å². The number of alkyl halides is 1. The van der Waals surface area contributed by atoms with E-state index in [0.717, 1.165) is 16.7 Å². The molecule has 0 radical (unpaired) electrons. The van der Waals surface area contributed by atoms with E-state index in [9.17, 15) is 18.4 Å². The van der Waals surface area contributed by atoms with E-state index in [0.29, 0.717) is 13.0 Å². The predicted molar refractivity (Wildman–Crippen MR) is 123 cm³/mol. The Hall–Kier alpha value is -3.00. The molecule has 4 rings (SSSR count). The van der Waals surface area contributed by atoms with Crippen LogP contribution in [-0.4, -0.2) is 54.0 Å². The van der Waals surface area contributed by atoms with Crippen LogP contribution in [-0.2, 0) is 20.7 Å². The summed E-state index contributed by atoms with van der Waals surface area (Å²) in [5, 5.41) is 2.50. The fourth-order valence-corrected chi connectivity index (χ4v) is 4.52. The number of ether oxygens (including phenoxy) is 2. The monoisotopic (exact) mass is 472 g/mol. The molecule has 0 unspecified atom stereocenters. The third-order valence-corrected chi connectivity index (χ3v) is 6.08. The van der Waals surface area contributed by atoms with Crippen LogP contribution < -0.4 is 5.32 Å². The molecule has 2 aliphatic rings. The zero-order valence-corrected chi connectivity index (χ0v) is 19.6. The Labute approximate surface area is 198 Å². The highest BCUT2D eigenvalue weighted by Gasteiger charge is 2.41. The van der Waals surface area contributed by atoms with Crippen molar-refractivity contribution in [2.75, 3.05) is 13.2 Å². The number of hydrogen-bond acceptors (Lipinski definition) is 4. The molecule has 0 saturated carbocycles. The molecule has 0 bridgehead atoms. The van der Waals surface area contributed by atoms with Crippen LogP contribution in [0.3, 0.4) is 0 Å². The van der Waals surface area contributed by atoms with Crippen molar-refractivity contribution >= 4 is 12.0 Å². The minimum atomic E-state index is -1.46. The third-order valence-electron chi connectivity index (χ3n) is 6.08. The number of nitrogens with zero attached hydrogens (tertiary/aromatic N) is 1. The Morgan fingerprint density at radius 2 is 1.82 bits per heavy atom. The third kappa shape index (κ3) is 5.38. The fourth-order valence-electron chi connectivity index (χ4n) is 4.52. The van der Waals surface area contributed by atoms with Crippen molar-refractivity contribution in [3.8, 4) is 0 Å². The molecule has 1 fully saturated rings. The van der Waals surface area contributed by atoms with Crippen LogP contribution in [0.15, 0.2) is 48.5 Å². The van der Waals surface area contributed by atoms with Crippen molar-refractivity contribution in [3.63, 3.8) is 0 Å². The molecule has 4 atom stereocenters. The largest absolute Gasteiger partial charge is 0.444 e. The van der Waals surface area contributed by atoms with Gasteiger partial charge in [-0.3, -0.25) is 4.79 Å². The van der Waals surface area contributed by atoms with Gasteiger partial charge in [0.2, 0.25) is 0 Å². The maximum Gasteiger partial charge on any atom is 0.408 e. The Balaban J connectivity index is 1.50. The van der Waals surface area contributed by atoms with Crippen LogP contribution >= 0.6 is 0 Å². The molecule has 0 spiro atoms. The molecule has 2 aromatic rings. The highest BCUT2D eigenvalue weighted by molar-refractivity contribution is 5.82.